The van der Waals surface area contributed by atoms with Crippen LogP contribution in [0.1, 0.15) is 45.1 Å². The highest BCUT2D eigenvalue weighted by molar-refractivity contribution is 6.01. The monoisotopic (exact) mass is 234 g/mol. The molecule has 0 bridgehead atoms. The number of nitrogens with two attached hydrogens (primary N) is 1. The lowest BCUT2D eigenvalue weighted by Crippen LogP contribution is -2.04. The Balaban J connectivity index is 2.90. The topological polar surface area (TPSA) is 67.1 Å². The minimum atomic E-state index is 0.831. The molecule has 1 aromatic heterocycles. The van der Waals surface area contributed by atoms with Crippen LogP contribution in [-0.4, -0.2) is 15.9 Å². The number of nitrogens with zero attached hydrogens (tertiary/aromatic N) is 2. The van der Waals surface area contributed by atoms with Gasteiger partial charge in [-0.2, -0.15) is 5.10 Å². The standard InChI is InChI=1S/C13H22N4/c1-4-6-7-11(8-14)12(5-2)16-13-10(3)9-15-17-13/h8-9H,4-7,14H2,1-3H3,(H,15,17)/b11-8-,16-12+. The third-order valence-corrected chi connectivity index (χ3v) is 2.76. The number of aliphatic imine (C=N–C) groups is 1. The largest absolute Gasteiger partial charge is 0.404 e. The molecule has 0 aliphatic heterocycles. The molecule has 17 heavy (non-hydrogen) atoms. The van der Waals surface area contributed by atoms with Gasteiger partial charge in [-0.15, -0.1) is 0 Å². The molecule has 0 aromatic carbocycles. The van der Waals surface area contributed by atoms with Crippen LogP contribution in [0.25, 0.3) is 0 Å². The van der Waals surface area contributed by atoms with Gasteiger partial charge in [-0.3, -0.25) is 5.10 Å². The number of rotatable bonds is 6. The third kappa shape index (κ3) is 3.73. The van der Waals surface area contributed by atoms with E-state index in [4.69, 9.17) is 5.73 Å². The molecule has 0 unspecified atom stereocenters. The molecule has 1 aromatic rings. The van der Waals surface area contributed by atoms with Crippen molar-refractivity contribution in [1.29, 1.82) is 0 Å². The van der Waals surface area contributed by atoms with Crippen LogP contribution >= 0.6 is 0 Å². The van der Waals surface area contributed by atoms with E-state index in [1.54, 1.807) is 12.4 Å². The van der Waals surface area contributed by atoms with E-state index >= 15 is 0 Å². The summed E-state index contributed by atoms with van der Waals surface area (Å²) in [6.45, 7) is 6.27. The number of nitrogens with one attached hydrogen (secondary N) is 1. The summed E-state index contributed by atoms with van der Waals surface area (Å²) in [4.78, 5) is 4.61. The van der Waals surface area contributed by atoms with Crippen molar-refractivity contribution in [3.05, 3.63) is 23.5 Å². The molecule has 4 heteroatoms. The minimum absolute atomic E-state index is 0.831. The maximum absolute atomic E-state index is 5.69. The van der Waals surface area contributed by atoms with Gasteiger partial charge < -0.3 is 5.73 Å². The molecule has 0 atom stereocenters. The molecule has 1 heterocycles. The highest BCUT2D eigenvalue weighted by Crippen LogP contribution is 2.18. The third-order valence-electron chi connectivity index (χ3n) is 2.76. The lowest BCUT2D eigenvalue weighted by atomic mass is 10.0. The number of aromatic nitrogens is 2. The fraction of sp³-hybridized carbons (Fsp3) is 0.538. The minimum Gasteiger partial charge on any atom is -0.404 e. The molecule has 0 spiro atoms. The van der Waals surface area contributed by atoms with Gasteiger partial charge in [-0.25, -0.2) is 4.99 Å². The van der Waals surface area contributed by atoms with Crippen molar-refractivity contribution >= 4 is 11.5 Å². The molecule has 3 N–H and O–H groups in total. The predicted molar refractivity (Wildman–Crippen MR) is 72.5 cm³/mol. The SMILES string of the molecule is CCCCC(=C/N)/C(CC)=N/c1[nH]ncc1C. The van der Waals surface area contributed by atoms with E-state index in [0.29, 0.717) is 0 Å². The van der Waals surface area contributed by atoms with E-state index in [9.17, 15) is 0 Å². The molecule has 0 saturated heterocycles. The number of H-pyrrole nitrogens is 1. The Morgan fingerprint density at radius 2 is 2.29 bits per heavy atom. The van der Waals surface area contributed by atoms with E-state index in [-0.39, 0.29) is 0 Å². The highest BCUT2D eigenvalue weighted by atomic mass is 15.2. The Morgan fingerprint density at radius 1 is 1.53 bits per heavy atom. The Bertz CT molecular complexity index is 401. The van der Waals surface area contributed by atoms with Gasteiger partial charge in [0.2, 0.25) is 0 Å². The summed E-state index contributed by atoms with van der Waals surface area (Å²) in [6, 6.07) is 0. The summed E-state index contributed by atoms with van der Waals surface area (Å²) in [5.41, 5.74) is 8.94. The van der Waals surface area contributed by atoms with Gasteiger partial charge in [0.15, 0.2) is 5.82 Å². The predicted octanol–water partition coefficient (Wildman–Crippen LogP) is 3.23. The van der Waals surface area contributed by atoms with Crippen LogP contribution in [0.2, 0.25) is 0 Å². The van der Waals surface area contributed by atoms with E-state index in [1.165, 1.54) is 0 Å². The molecule has 0 fully saturated rings. The summed E-state index contributed by atoms with van der Waals surface area (Å²) >= 11 is 0. The van der Waals surface area contributed by atoms with Gasteiger partial charge in [0.25, 0.3) is 0 Å². The first-order valence-electron chi connectivity index (χ1n) is 6.21. The number of hydrogen-bond acceptors (Lipinski definition) is 3. The van der Waals surface area contributed by atoms with Crippen LogP contribution in [0.15, 0.2) is 23.0 Å². The lowest BCUT2D eigenvalue weighted by Gasteiger charge is -2.08. The van der Waals surface area contributed by atoms with Gasteiger partial charge in [0.05, 0.1) is 6.20 Å². The lowest BCUT2D eigenvalue weighted by molar-refractivity contribution is 0.799. The fourth-order valence-corrected chi connectivity index (χ4v) is 1.66. The highest BCUT2D eigenvalue weighted by Gasteiger charge is 2.06. The zero-order valence-electron chi connectivity index (χ0n) is 11.0. The van der Waals surface area contributed by atoms with Crippen LogP contribution in [0.4, 0.5) is 5.82 Å². The van der Waals surface area contributed by atoms with E-state index in [0.717, 1.165) is 48.3 Å². The van der Waals surface area contributed by atoms with E-state index in [1.807, 2.05) is 6.92 Å². The first-order valence-corrected chi connectivity index (χ1v) is 6.21. The average Bonchev–Trinajstić information content (AvgIpc) is 2.74. The van der Waals surface area contributed by atoms with Crippen molar-refractivity contribution < 1.29 is 0 Å². The second-order valence-electron chi connectivity index (χ2n) is 4.11. The van der Waals surface area contributed by atoms with Gasteiger partial charge in [0.1, 0.15) is 0 Å². The van der Waals surface area contributed by atoms with Gasteiger partial charge in [-0.1, -0.05) is 20.3 Å². The molecule has 4 nitrogen and oxygen atoms in total. The first-order chi connectivity index (χ1) is 8.22. The van der Waals surface area contributed by atoms with Crippen molar-refractivity contribution in [2.75, 3.05) is 0 Å². The molecule has 0 aliphatic carbocycles. The second kappa shape index (κ2) is 6.89. The summed E-state index contributed by atoms with van der Waals surface area (Å²) in [7, 11) is 0. The summed E-state index contributed by atoms with van der Waals surface area (Å²) < 4.78 is 0. The Hall–Kier alpha value is -1.58. The van der Waals surface area contributed by atoms with Crippen LogP contribution in [0.5, 0.6) is 0 Å². The van der Waals surface area contributed by atoms with Gasteiger partial charge >= 0.3 is 0 Å². The summed E-state index contributed by atoms with van der Waals surface area (Å²) in [5.74, 6) is 0.831. The zero-order chi connectivity index (χ0) is 12.7. The quantitative estimate of drug-likeness (QED) is 0.742. The fourth-order valence-electron chi connectivity index (χ4n) is 1.66. The second-order valence-corrected chi connectivity index (χ2v) is 4.11. The molecule has 0 saturated carbocycles. The zero-order valence-corrected chi connectivity index (χ0v) is 11.0. The molecule has 94 valence electrons. The van der Waals surface area contributed by atoms with Gasteiger partial charge in [-0.05, 0) is 38.0 Å². The Kier molecular flexibility index (Phi) is 5.46. The average molecular weight is 234 g/mol. The first kappa shape index (κ1) is 13.5. The number of aromatic amines is 1. The van der Waals surface area contributed by atoms with Crippen molar-refractivity contribution in [3.8, 4) is 0 Å². The maximum atomic E-state index is 5.69. The number of hydrogen-bond donors (Lipinski definition) is 2. The van der Waals surface area contributed by atoms with E-state index < -0.39 is 0 Å². The number of aryl methyl sites for hydroxylation is 1. The number of allylic oxidation sites excluding steroid dienone is 1. The molecule has 1 rings (SSSR count). The molecular formula is C13H22N4. The van der Waals surface area contributed by atoms with Crippen LogP contribution in [0, 0.1) is 6.92 Å². The maximum Gasteiger partial charge on any atom is 0.150 e. The normalized spacial score (nSPS) is 13.1. The number of unbranched alkanes of at least 4 members (excludes halogenated alkanes) is 1. The van der Waals surface area contributed by atoms with E-state index in [2.05, 4.69) is 29.0 Å². The molecular weight excluding hydrogens is 212 g/mol. The summed E-state index contributed by atoms with van der Waals surface area (Å²) in [6.07, 6.45) is 7.65. The Morgan fingerprint density at radius 3 is 2.76 bits per heavy atom. The Labute approximate surface area is 103 Å². The van der Waals surface area contributed by atoms with Crippen molar-refractivity contribution in [2.45, 2.75) is 46.5 Å². The molecule has 0 amide bonds. The van der Waals surface area contributed by atoms with Crippen LogP contribution < -0.4 is 5.73 Å². The van der Waals surface area contributed by atoms with Crippen LogP contribution in [0.3, 0.4) is 0 Å². The van der Waals surface area contributed by atoms with Crippen LogP contribution in [-0.2, 0) is 0 Å². The van der Waals surface area contributed by atoms with Crippen molar-refractivity contribution in [3.63, 3.8) is 0 Å². The van der Waals surface area contributed by atoms with Gasteiger partial charge in [0, 0.05) is 11.3 Å². The molecule has 0 aliphatic rings. The van der Waals surface area contributed by atoms with Crippen molar-refractivity contribution in [1.82, 2.24) is 10.2 Å². The van der Waals surface area contributed by atoms with Crippen molar-refractivity contribution in [2.24, 2.45) is 10.7 Å². The smallest absolute Gasteiger partial charge is 0.150 e. The molecule has 0 radical (unpaired) electrons. The summed E-state index contributed by atoms with van der Waals surface area (Å²) in [5, 5.41) is 6.87.